The second-order valence-corrected chi connectivity index (χ2v) is 9.45. The monoisotopic (exact) mass is 366 g/mol. The number of hydrogen-bond donors (Lipinski definition) is 1. The molecule has 1 aromatic heterocycles. The predicted molar refractivity (Wildman–Crippen MR) is 95.2 cm³/mol. The molecule has 0 unspecified atom stereocenters. The number of nitrogens with zero attached hydrogens (tertiary/aromatic N) is 1. The van der Waals surface area contributed by atoms with Crippen LogP contribution in [0, 0.1) is 5.92 Å². The molecule has 0 radical (unpaired) electrons. The summed E-state index contributed by atoms with van der Waals surface area (Å²) in [6.07, 6.45) is 9.13. The molecule has 2 saturated carbocycles. The zero-order valence-electron chi connectivity index (χ0n) is 14.6. The summed E-state index contributed by atoms with van der Waals surface area (Å²) in [4.78, 5) is 25.0. The Morgan fingerprint density at radius 2 is 1.92 bits per heavy atom. The van der Waals surface area contributed by atoms with Gasteiger partial charge >= 0.3 is 0 Å². The molecule has 1 heterocycles. The van der Waals surface area contributed by atoms with E-state index in [1.807, 2.05) is 0 Å². The summed E-state index contributed by atoms with van der Waals surface area (Å²) in [7, 11) is -1.83. The maximum Gasteiger partial charge on any atom is 0.252 e. The summed E-state index contributed by atoms with van der Waals surface area (Å²) in [5, 5.41) is 2.29. The smallest absolute Gasteiger partial charge is 0.252 e. The fourth-order valence-corrected chi connectivity index (χ4v) is 5.39. The average molecular weight is 366 g/mol. The number of likely N-dealkylation sites (N-methyl/N-ethyl adjacent to an activating group) is 1. The van der Waals surface area contributed by atoms with Crippen LogP contribution < -0.4 is 10.9 Å². The number of pyridine rings is 1. The average Bonchev–Trinajstić information content (AvgIpc) is 3.46. The molecule has 1 atom stereocenters. The molecule has 7 heteroatoms. The van der Waals surface area contributed by atoms with Crippen LogP contribution in [0.4, 0.5) is 0 Å². The first-order valence-electron chi connectivity index (χ1n) is 9.11. The predicted octanol–water partition coefficient (Wildman–Crippen LogP) is 2.04. The third-order valence-corrected chi connectivity index (χ3v) is 7.64. The van der Waals surface area contributed by atoms with Crippen LogP contribution in [-0.2, 0) is 14.6 Å². The highest BCUT2D eigenvalue weighted by Crippen LogP contribution is 2.33. The van der Waals surface area contributed by atoms with Gasteiger partial charge in [0.25, 0.3) is 5.56 Å². The van der Waals surface area contributed by atoms with Crippen LogP contribution in [-0.4, -0.2) is 31.2 Å². The van der Waals surface area contributed by atoms with Crippen molar-refractivity contribution in [3.63, 3.8) is 0 Å². The molecule has 0 bridgehead atoms. The molecule has 25 heavy (non-hydrogen) atoms. The summed E-state index contributed by atoms with van der Waals surface area (Å²) in [6, 6.07) is 2.05. The highest BCUT2D eigenvalue weighted by atomic mass is 32.2. The van der Waals surface area contributed by atoms with Crippen molar-refractivity contribution in [2.45, 2.75) is 67.6 Å². The molecule has 0 spiro atoms. The topological polar surface area (TPSA) is 85.2 Å². The van der Waals surface area contributed by atoms with Crippen molar-refractivity contribution in [1.82, 2.24) is 9.88 Å². The molecule has 0 aromatic carbocycles. The van der Waals surface area contributed by atoms with Crippen LogP contribution >= 0.6 is 0 Å². The van der Waals surface area contributed by atoms with Crippen molar-refractivity contribution in [3.8, 4) is 0 Å². The van der Waals surface area contributed by atoms with Gasteiger partial charge in [-0.3, -0.25) is 9.59 Å². The lowest BCUT2D eigenvalue weighted by Crippen LogP contribution is -2.37. The Labute approximate surface area is 148 Å². The van der Waals surface area contributed by atoms with E-state index < -0.39 is 21.4 Å². The summed E-state index contributed by atoms with van der Waals surface area (Å²) in [5.41, 5.74) is -0.425. The molecule has 3 rings (SSSR count). The highest BCUT2D eigenvalue weighted by molar-refractivity contribution is 7.92. The molecular formula is C18H26N2O4S. The van der Waals surface area contributed by atoms with Gasteiger partial charge in [-0.2, -0.15) is 0 Å². The van der Waals surface area contributed by atoms with Crippen molar-refractivity contribution >= 4 is 15.7 Å². The van der Waals surface area contributed by atoms with Crippen LogP contribution in [0.3, 0.4) is 0 Å². The normalized spacial score (nSPS) is 20.2. The lowest BCUT2D eigenvalue weighted by molar-refractivity contribution is -0.124. The number of aromatic nitrogens is 1. The standard InChI is InChI=1S/C18H26N2O4S/c1-19-18(22)16(11-13-5-3-2-4-6-13)20-10-9-15(12-17(20)21)25(23,24)14-7-8-14/h9-10,12-14,16H,2-8,11H2,1H3,(H,19,22)/t16-/m0/s1. The molecule has 0 aliphatic heterocycles. The van der Waals surface area contributed by atoms with E-state index in [1.165, 1.54) is 42.2 Å². The Hall–Kier alpha value is -1.63. The Balaban J connectivity index is 1.87. The Bertz CT molecular complexity index is 790. The zero-order chi connectivity index (χ0) is 18.0. The molecule has 2 aliphatic carbocycles. The molecular weight excluding hydrogens is 340 g/mol. The number of hydrogen-bond acceptors (Lipinski definition) is 4. The van der Waals surface area contributed by atoms with Crippen LogP contribution in [0.2, 0.25) is 0 Å². The fraction of sp³-hybridized carbons (Fsp3) is 0.667. The molecule has 138 valence electrons. The third kappa shape index (κ3) is 3.97. The van der Waals surface area contributed by atoms with Crippen molar-refractivity contribution in [2.24, 2.45) is 5.92 Å². The van der Waals surface area contributed by atoms with E-state index in [-0.39, 0.29) is 16.1 Å². The zero-order valence-corrected chi connectivity index (χ0v) is 15.4. The molecule has 2 fully saturated rings. The van der Waals surface area contributed by atoms with E-state index in [1.54, 1.807) is 7.05 Å². The largest absolute Gasteiger partial charge is 0.357 e. The van der Waals surface area contributed by atoms with Crippen molar-refractivity contribution in [2.75, 3.05) is 7.05 Å². The first-order chi connectivity index (χ1) is 11.9. The summed E-state index contributed by atoms with van der Waals surface area (Å²) in [5.74, 6) is 0.225. The Morgan fingerprint density at radius 1 is 1.24 bits per heavy atom. The van der Waals surface area contributed by atoms with Crippen molar-refractivity contribution in [1.29, 1.82) is 0 Å². The molecule has 1 N–H and O–H groups in total. The van der Waals surface area contributed by atoms with Gasteiger partial charge in [-0.05, 0) is 31.2 Å². The van der Waals surface area contributed by atoms with Crippen LogP contribution in [0.15, 0.2) is 28.0 Å². The quantitative estimate of drug-likeness (QED) is 0.835. The van der Waals surface area contributed by atoms with E-state index in [2.05, 4.69) is 5.32 Å². The second-order valence-electron chi connectivity index (χ2n) is 7.22. The maximum absolute atomic E-state index is 12.6. The summed E-state index contributed by atoms with van der Waals surface area (Å²) < 4.78 is 26.0. The second kappa shape index (κ2) is 7.32. The van der Waals surface area contributed by atoms with Gasteiger partial charge in [-0.1, -0.05) is 32.1 Å². The first-order valence-corrected chi connectivity index (χ1v) is 10.7. The van der Waals surface area contributed by atoms with Gasteiger partial charge < -0.3 is 9.88 Å². The van der Waals surface area contributed by atoms with E-state index >= 15 is 0 Å². The van der Waals surface area contributed by atoms with E-state index in [4.69, 9.17) is 0 Å². The molecule has 1 aromatic rings. The lowest BCUT2D eigenvalue weighted by atomic mass is 9.84. The number of sulfone groups is 1. The van der Waals surface area contributed by atoms with Gasteiger partial charge in [-0.15, -0.1) is 0 Å². The third-order valence-electron chi connectivity index (χ3n) is 5.38. The number of carbonyl (C=O) groups is 1. The number of carbonyl (C=O) groups excluding carboxylic acids is 1. The van der Waals surface area contributed by atoms with Gasteiger partial charge in [-0.25, -0.2) is 8.42 Å². The van der Waals surface area contributed by atoms with Crippen molar-refractivity contribution in [3.05, 3.63) is 28.7 Å². The fourth-order valence-electron chi connectivity index (χ4n) is 3.73. The minimum atomic E-state index is -3.40. The van der Waals surface area contributed by atoms with Gasteiger partial charge in [0.2, 0.25) is 5.91 Å². The minimum absolute atomic E-state index is 0.0737. The van der Waals surface area contributed by atoms with Crippen LogP contribution in [0.5, 0.6) is 0 Å². The lowest BCUT2D eigenvalue weighted by Gasteiger charge is -2.27. The minimum Gasteiger partial charge on any atom is -0.357 e. The Kier molecular flexibility index (Phi) is 5.32. The highest BCUT2D eigenvalue weighted by Gasteiger charge is 2.37. The molecule has 6 nitrogen and oxygen atoms in total. The summed E-state index contributed by atoms with van der Waals surface area (Å²) >= 11 is 0. The van der Waals surface area contributed by atoms with E-state index in [9.17, 15) is 18.0 Å². The van der Waals surface area contributed by atoms with Crippen LogP contribution in [0.1, 0.15) is 57.4 Å². The first kappa shape index (κ1) is 18.2. The summed E-state index contributed by atoms with van der Waals surface area (Å²) in [6.45, 7) is 0. The maximum atomic E-state index is 12.6. The number of amides is 1. The van der Waals surface area contributed by atoms with E-state index in [0.29, 0.717) is 25.2 Å². The SMILES string of the molecule is CNC(=O)[C@H](CC1CCCCC1)n1ccc(S(=O)(=O)C2CC2)cc1=O. The van der Waals surface area contributed by atoms with Gasteiger partial charge in [0.05, 0.1) is 10.1 Å². The van der Waals surface area contributed by atoms with Gasteiger partial charge in [0.1, 0.15) is 6.04 Å². The number of nitrogens with one attached hydrogen (secondary N) is 1. The number of rotatable bonds is 6. The molecule has 2 aliphatic rings. The van der Waals surface area contributed by atoms with Gasteiger partial charge in [0, 0.05) is 19.3 Å². The van der Waals surface area contributed by atoms with Gasteiger partial charge in [0.15, 0.2) is 9.84 Å². The van der Waals surface area contributed by atoms with E-state index in [0.717, 1.165) is 12.8 Å². The molecule has 0 saturated heterocycles. The Morgan fingerprint density at radius 3 is 2.48 bits per heavy atom. The molecule has 1 amide bonds. The van der Waals surface area contributed by atoms with Crippen molar-refractivity contribution < 1.29 is 13.2 Å². The van der Waals surface area contributed by atoms with Crippen LogP contribution in [0.25, 0.3) is 0 Å².